The van der Waals surface area contributed by atoms with Crippen molar-refractivity contribution < 1.29 is 9.13 Å². The fourth-order valence-corrected chi connectivity index (χ4v) is 5.32. The zero-order valence-electron chi connectivity index (χ0n) is 20.5. The Labute approximate surface area is 212 Å². The molecule has 3 aromatic carbocycles. The van der Waals surface area contributed by atoms with Crippen LogP contribution >= 0.6 is 0 Å². The maximum Gasteiger partial charge on any atom is 0.266 e. The molecule has 0 saturated carbocycles. The van der Waals surface area contributed by atoms with Gasteiger partial charge >= 0.3 is 0 Å². The summed E-state index contributed by atoms with van der Waals surface area (Å²) in [5, 5.41) is 14.6. The second-order valence-corrected chi connectivity index (χ2v) is 9.28. The number of aromatic nitrogens is 3. The lowest BCUT2D eigenvalue weighted by atomic mass is 9.98. The number of nitrogens with one attached hydrogen (secondary N) is 1. The molecular formula is C29H24FN5O2. The number of aryl methyl sites for hydroxylation is 1. The molecule has 1 fully saturated rings. The number of fused-ring (bicyclic) bond motifs is 2. The molecule has 6 rings (SSSR count). The van der Waals surface area contributed by atoms with Crippen molar-refractivity contribution in [3.63, 3.8) is 0 Å². The Hall–Kier alpha value is -4.48. The van der Waals surface area contributed by atoms with E-state index in [0.29, 0.717) is 28.0 Å². The normalized spacial score (nSPS) is 15.4. The summed E-state index contributed by atoms with van der Waals surface area (Å²) >= 11 is 0. The quantitative estimate of drug-likeness (QED) is 0.381. The highest BCUT2D eigenvalue weighted by Gasteiger charge is 2.26. The van der Waals surface area contributed by atoms with Gasteiger partial charge in [-0.1, -0.05) is 18.2 Å². The van der Waals surface area contributed by atoms with Crippen molar-refractivity contribution in [3.05, 3.63) is 88.4 Å². The molecule has 1 saturated heterocycles. The topological polar surface area (TPSA) is 84.9 Å². The minimum atomic E-state index is -0.570. The number of para-hydroxylation sites is 1. The molecule has 1 aliphatic rings. The van der Waals surface area contributed by atoms with Crippen LogP contribution in [0.5, 0.6) is 5.75 Å². The molecule has 1 unspecified atom stereocenters. The van der Waals surface area contributed by atoms with Gasteiger partial charge in [0.15, 0.2) is 11.6 Å². The second kappa shape index (κ2) is 8.87. The number of rotatable bonds is 4. The molecule has 0 bridgehead atoms. The Morgan fingerprint density at radius 1 is 1.14 bits per heavy atom. The summed E-state index contributed by atoms with van der Waals surface area (Å²) in [7, 11) is 3.36. The van der Waals surface area contributed by atoms with Crippen LogP contribution in [0.1, 0.15) is 30.3 Å². The molecule has 1 aliphatic heterocycles. The van der Waals surface area contributed by atoms with Gasteiger partial charge in [0.05, 0.1) is 41.4 Å². The average molecular weight is 494 g/mol. The molecule has 0 amide bonds. The van der Waals surface area contributed by atoms with E-state index in [1.165, 1.54) is 23.8 Å². The SMILES string of the molecule is COc1ccc(-n2c(C3CCCN3)nc3c(-c4cn(C)c5ccccc45)cc(C#N)cc3c2=O)cc1F. The first kappa shape index (κ1) is 23.0. The lowest BCUT2D eigenvalue weighted by molar-refractivity contribution is 0.386. The zero-order valence-corrected chi connectivity index (χ0v) is 20.5. The first-order chi connectivity index (χ1) is 18.0. The van der Waals surface area contributed by atoms with Gasteiger partial charge in [0.2, 0.25) is 0 Å². The third-order valence-corrected chi connectivity index (χ3v) is 7.08. The van der Waals surface area contributed by atoms with E-state index in [1.807, 2.05) is 42.1 Å². The monoisotopic (exact) mass is 493 g/mol. The van der Waals surface area contributed by atoms with Gasteiger partial charge in [0.1, 0.15) is 5.82 Å². The lowest BCUT2D eigenvalue weighted by Crippen LogP contribution is -2.29. The summed E-state index contributed by atoms with van der Waals surface area (Å²) < 4.78 is 23.3. The van der Waals surface area contributed by atoms with Gasteiger partial charge < -0.3 is 14.6 Å². The van der Waals surface area contributed by atoms with Gasteiger partial charge in [-0.15, -0.1) is 0 Å². The highest BCUT2D eigenvalue weighted by atomic mass is 19.1. The van der Waals surface area contributed by atoms with Gasteiger partial charge in [-0.3, -0.25) is 9.36 Å². The number of hydrogen-bond donors (Lipinski definition) is 1. The number of nitriles is 1. The lowest BCUT2D eigenvalue weighted by Gasteiger charge is -2.20. The molecule has 1 N–H and O–H groups in total. The smallest absolute Gasteiger partial charge is 0.266 e. The Balaban J connectivity index is 1.71. The molecule has 184 valence electrons. The summed E-state index contributed by atoms with van der Waals surface area (Å²) in [5.74, 6) is 0.0430. The van der Waals surface area contributed by atoms with E-state index in [0.717, 1.165) is 41.4 Å². The molecule has 0 radical (unpaired) electrons. The zero-order chi connectivity index (χ0) is 25.7. The van der Waals surface area contributed by atoms with Crippen LogP contribution < -0.4 is 15.6 Å². The molecule has 0 aliphatic carbocycles. The van der Waals surface area contributed by atoms with Gasteiger partial charge in [-0.05, 0) is 49.7 Å². The predicted molar refractivity (Wildman–Crippen MR) is 140 cm³/mol. The largest absolute Gasteiger partial charge is 0.494 e. The van der Waals surface area contributed by atoms with E-state index in [2.05, 4.69) is 11.4 Å². The third-order valence-electron chi connectivity index (χ3n) is 7.08. The minimum absolute atomic E-state index is 0.0936. The fourth-order valence-electron chi connectivity index (χ4n) is 5.32. The second-order valence-electron chi connectivity index (χ2n) is 9.28. The van der Waals surface area contributed by atoms with E-state index < -0.39 is 5.82 Å². The molecule has 7 nitrogen and oxygen atoms in total. The van der Waals surface area contributed by atoms with Crippen molar-refractivity contribution in [1.82, 2.24) is 19.4 Å². The molecule has 0 spiro atoms. The van der Waals surface area contributed by atoms with E-state index in [9.17, 15) is 14.4 Å². The van der Waals surface area contributed by atoms with Gasteiger partial charge in [0, 0.05) is 41.3 Å². The number of benzene rings is 3. The van der Waals surface area contributed by atoms with Crippen molar-refractivity contribution in [2.24, 2.45) is 7.05 Å². The van der Waals surface area contributed by atoms with Crippen LogP contribution in [-0.2, 0) is 7.05 Å². The van der Waals surface area contributed by atoms with Crippen LogP contribution in [0.2, 0.25) is 0 Å². The summed E-state index contributed by atoms with van der Waals surface area (Å²) in [6, 6.07) is 17.8. The van der Waals surface area contributed by atoms with Crippen LogP contribution in [0.15, 0.2) is 65.6 Å². The van der Waals surface area contributed by atoms with Crippen molar-refractivity contribution in [1.29, 1.82) is 5.26 Å². The van der Waals surface area contributed by atoms with Crippen LogP contribution in [0.25, 0.3) is 38.6 Å². The fraction of sp³-hybridized carbons (Fsp3) is 0.207. The average Bonchev–Trinajstić information content (AvgIpc) is 3.57. The number of hydrogen-bond acceptors (Lipinski definition) is 5. The van der Waals surface area contributed by atoms with Crippen molar-refractivity contribution in [3.8, 4) is 28.6 Å². The Morgan fingerprint density at radius 3 is 2.70 bits per heavy atom. The van der Waals surface area contributed by atoms with E-state index in [4.69, 9.17) is 9.72 Å². The number of ether oxygens (including phenoxy) is 1. The molecule has 3 heterocycles. The van der Waals surface area contributed by atoms with Gasteiger partial charge in [0.25, 0.3) is 5.56 Å². The maximum absolute atomic E-state index is 14.7. The number of halogens is 1. The van der Waals surface area contributed by atoms with Gasteiger partial charge in [-0.25, -0.2) is 9.37 Å². The summed E-state index contributed by atoms with van der Waals surface area (Å²) in [5.41, 5.74) is 3.53. The number of methoxy groups -OCH3 is 1. The van der Waals surface area contributed by atoms with Crippen molar-refractivity contribution in [2.45, 2.75) is 18.9 Å². The van der Waals surface area contributed by atoms with E-state index >= 15 is 0 Å². The number of nitrogens with zero attached hydrogens (tertiary/aromatic N) is 4. The van der Waals surface area contributed by atoms with E-state index in [1.54, 1.807) is 18.2 Å². The molecule has 37 heavy (non-hydrogen) atoms. The first-order valence-corrected chi connectivity index (χ1v) is 12.1. The minimum Gasteiger partial charge on any atom is -0.494 e. The summed E-state index contributed by atoms with van der Waals surface area (Å²) in [4.78, 5) is 19.2. The Bertz CT molecular complexity index is 1790. The van der Waals surface area contributed by atoms with Gasteiger partial charge in [-0.2, -0.15) is 5.26 Å². The Morgan fingerprint density at radius 2 is 1.97 bits per heavy atom. The molecular weight excluding hydrogens is 469 g/mol. The standard InChI is InChI=1S/C29H24FN5O2/c1-34-16-22(19-6-3-4-8-25(19)34)20-12-17(15-31)13-21-27(20)33-28(24-7-5-11-32-24)35(29(21)36)18-9-10-26(37-2)23(30)14-18/h3-4,6,8-10,12-14,16,24,32H,5,7,11H2,1-2H3. The highest BCUT2D eigenvalue weighted by Crippen LogP contribution is 2.36. The molecule has 8 heteroatoms. The highest BCUT2D eigenvalue weighted by molar-refractivity contribution is 6.04. The maximum atomic E-state index is 14.7. The molecule has 1 atom stereocenters. The first-order valence-electron chi connectivity index (χ1n) is 12.1. The van der Waals surface area contributed by atoms with Crippen molar-refractivity contribution >= 4 is 21.8 Å². The van der Waals surface area contributed by atoms with E-state index in [-0.39, 0.29) is 17.4 Å². The van der Waals surface area contributed by atoms with Crippen LogP contribution in [-0.4, -0.2) is 27.8 Å². The Kier molecular flexibility index (Phi) is 5.50. The summed E-state index contributed by atoms with van der Waals surface area (Å²) in [6.07, 6.45) is 3.75. The van der Waals surface area contributed by atoms with Crippen molar-refractivity contribution in [2.75, 3.05) is 13.7 Å². The van der Waals surface area contributed by atoms with Crippen LogP contribution in [0.3, 0.4) is 0 Å². The van der Waals surface area contributed by atoms with Crippen LogP contribution in [0, 0.1) is 17.1 Å². The summed E-state index contributed by atoms with van der Waals surface area (Å²) in [6.45, 7) is 0.805. The predicted octanol–water partition coefficient (Wildman–Crippen LogP) is 4.99. The molecule has 2 aromatic heterocycles. The molecule has 5 aromatic rings. The third kappa shape index (κ3) is 3.67. The van der Waals surface area contributed by atoms with Crippen LogP contribution in [0.4, 0.5) is 4.39 Å².